The van der Waals surface area contributed by atoms with E-state index in [0.717, 1.165) is 16.7 Å². The minimum absolute atomic E-state index is 0.00777. The van der Waals surface area contributed by atoms with Gasteiger partial charge in [-0.3, -0.25) is 19.2 Å². The molecular formula is C27H28N6O3. The average Bonchev–Trinajstić information content (AvgIpc) is 3.56. The summed E-state index contributed by atoms with van der Waals surface area (Å²) in [5, 5.41) is 10.8. The first kappa shape index (κ1) is 23.5. The maximum absolute atomic E-state index is 13.4. The molecule has 1 saturated heterocycles. The van der Waals surface area contributed by atoms with Gasteiger partial charge < -0.3 is 14.7 Å². The molecular weight excluding hydrogens is 456 g/mol. The van der Waals surface area contributed by atoms with Crippen LogP contribution in [0.1, 0.15) is 21.7 Å². The number of carbonyl (C=O) groups is 2. The van der Waals surface area contributed by atoms with Gasteiger partial charge in [0.1, 0.15) is 5.76 Å². The van der Waals surface area contributed by atoms with Crippen LogP contribution in [0.25, 0.3) is 11.1 Å². The van der Waals surface area contributed by atoms with Gasteiger partial charge in [-0.15, -0.1) is 0 Å². The Balaban J connectivity index is 1.20. The van der Waals surface area contributed by atoms with E-state index in [0.29, 0.717) is 49.9 Å². The first-order valence-electron chi connectivity index (χ1n) is 12.0. The molecule has 9 nitrogen and oxygen atoms in total. The third-order valence-electron chi connectivity index (χ3n) is 6.25. The second kappa shape index (κ2) is 10.6. The van der Waals surface area contributed by atoms with Crippen molar-refractivity contribution in [1.82, 2.24) is 24.7 Å². The molecule has 9 heteroatoms. The van der Waals surface area contributed by atoms with E-state index >= 15 is 0 Å². The lowest BCUT2D eigenvalue weighted by Crippen LogP contribution is -2.50. The molecule has 5 rings (SSSR count). The molecule has 1 N–H and O–H groups in total. The quantitative estimate of drug-likeness (QED) is 0.432. The number of anilines is 1. The van der Waals surface area contributed by atoms with Gasteiger partial charge in [0.25, 0.3) is 5.91 Å². The minimum Gasteiger partial charge on any atom is -0.360 e. The van der Waals surface area contributed by atoms with Crippen molar-refractivity contribution in [3.05, 3.63) is 89.9 Å². The van der Waals surface area contributed by atoms with Crippen LogP contribution in [0, 0.1) is 6.92 Å². The third kappa shape index (κ3) is 5.52. The van der Waals surface area contributed by atoms with Gasteiger partial charge >= 0.3 is 0 Å². The van der Waals surface area contributed by atoms with Gasteiger partial charge in [-0.2, -0.15) is 5.10 Å². The Morgan fingerprint density at radius 2 is 1.78 bits per heavy atom. The Hall–Kier alpha value is -4.24. The molecule has 0 unspecified atom stereocenters. The van der Waals surface area contributed by atoms with Crippen molar-refractivity contribution in [3.8, 4) is 11.1 Å². The summed E-state index contributed by atoms with van der Waals surface area (Å²) in [4.78, 5) is 29.7. The zero-order valence-corrected chi connectivity index (χ0v) is 20.1. The summed E-state index contributed by atoms with van der Waals surface area (Å²) >= 11 is 0. The molecule has 36 heavy (non-hydrogen) atoms. The summed E-state index contributed by atoms with van der Waals surface area (Å²) in [6.07, 6.45) is 3.70. The smallest absolute Gasteiger partial charge is 0.254 e. The molecule has 0 bridgehead atoms. The van der Waals surface area contributed by atoms with Crippen LogP contribution in [0.4, 0.5) is 5.82 Å². The topological polar surface area (TPSA) is 96.5 Å². The molecule has 184 valence electrons. The molecule has 0 spiro atoms. The van der Waals surface area contributed by atoms with Gasteiger partial charge in [-0.25, -0.2) is 0 Å². The molecule has 0 aliphatic carbocycles. The molecule has 4 aromatic rings. The Morgan fingerprint density at radius 3 is 2.47 bits per heavy atom. The fourth-order valence-corrected chi connectivity index (χ4v) is 4.38. The molecule has 0 radical (unpaired) electrons. The Bertz CT molecular complexity index is 1320. The molecule has 2 aromatic carbocycles. The Morgan fingerprint density at radius 1 is 1.00 bits per heavy atom. The van der Waals surface area contributed by atoms with Crippen molar-refractivity contribution in [3.63, 3.8) is 0 Å². The van der Waals surface area contributed by atoms with E-state index < -0.39 is 0 Å². The van der Waals surface area contributed by atoms with Crippen LogP contribution in [0.15, 0.2) is 77.6 Å². The third-order valence-corrected chi connectivity index (χ3v) is 6.25. The van der Waals surface area contributed by atoms with Crippen LogP contribution in [-0.4, -0.2) is 69.3 Å². The van der Waals surface area contributed by atoms with Crippen LogP contribution < -0.4 is 5.32 Å². The SMILES string of the molecule is Cc1cc(NC(=O)CN2CCN(C(=O)c3ccccc3-c3ccc(Cn4cccn4)cc3)CC2)no1. The first-order valence-corrected chi connectivity index (χ1v) is 12.0. The molecule has 1 aliphatic rings. The first-order chi connectivity index (χ1) is 17.5. The van der Waals surface area contributed by atoms with Crippen LogP contribution in [-0.2, 0) is 11.3 Å². The number of rotatable bonds is 7. The normalized spacial score (nSPS) is 14.1. The Kier molecular flexibility index (Phi) is 6.90. The van der Waals surface area contributed by atoms with Gasteiger partial charge in [0.15, 0.2) is 5.82 Å². The van der Waals surface area contributed by atoms with E-state index in [1.807, 2.05) is 51.0 Å². The molecule has 0 atom stereocenters. The van der Waals surface area contributed by atoms with E-state index in [9.17, 15) is 9.59 Å². The van der Waals surface area contributed by atoms with E-state index in [-0.39, 0.29) is 18.4 Å². The van der Waals surface area contributed by atoms with E-state index in [1.54, 1.807) is 19.2 Å². The fourth-order valence-electron chi connectivity index (χ4n) is 4.38. The lowest BCUT2D eigenvalue weighted by molar-refractivity contribution is -0.117. The number of amides is 2. The van der Waals surface area contributed by atoms with Gasteiger partial charge in [-0.1, -0.05) is 47.6 Å². The number of nitrogens with zero attached hydrogens (tertiary/aromatic N) is 5. The standard InChI is InChI=1S/C27H28N6O3/c1-20-17-25(30-36-20)29-26(34)19-31-13-15-32(16-14-31)27(35)24-6-3-2-5-23(24)22-9-7-21(8-10-22)18-33-12-4-11-28-33/h2-12,17H,13-16,18-19H2,1H3,(H,29,30,34). The number of carbonyl (C=O) groups excluding carboxylic acids is 2. The summed E-state index contributed by atoms with van der Waals surface area (Å²) in [6.45, 7) is 5.10. The zero-order chi connectivity index (χ0) is 24.9. The van der Waals surface area contributed by atoms with Crippen molar-refractivity contribution in [2.45, 2.75) is 13.5 Å². The van der Waals surface area contributed by atoms with Crippen LogP contribution in [0.3, 0.4) is 0 Å². The Labute approximate surface area is 209 Å². The number of aryl methyl sites for hydroxylation is 1. The van der Waals surface area contributed by atoms with Crippen molar-refractivity contribution in [1.29, 1.82) is 0 Å². The number of benzene rings is 2. The fraction of sp³-hybridized carbons (Fsp3) is 0.259. The van der Waals surface area contributed by atoms with Crippen LogP contribution >= 0.6 is 0 Å². The summed E-state index contributed by atoms with van der Waals surface area (Å²) in [5.74, 6) is 0.915. The monoisotopic (exact) mass is 484 g/mol. The maximum Gasteiger partial charge on any atom is 0.254 e. The second-order valence-corrected chi connectivity index (χ2v) is 8.89. The van der Waals surface area contributed by atoms with E-state index in [1.165, 1.54) is 0 Å². The van der Waals surface area contributed by atoms with Crippen molar-refractivity contribution < 1.29 is 14.1 Å². The highest BCUT2D eigenvalue weighted by Gasteiger charge is 2.25. The summed E-state index contributed by atoms with van der Waals surface area (Å²) in [6, 6.07) is 19.6. The average molecular weight is 485 g/mol. The second-order valence-electron chi connectivity index (χ2n) is 8.89. The van der Waals surface area contributed by atoms with Gasteiger partial charge in [0.05, 0.1) is 13.1 Å². The molecule has 3 heterocycles. The molecule has 1 fully saturated rings. The summed E-state index contributed by atoms with van der Waals surface area (Å²) in [5.41, 5.74) is 3.74. The molecule has 1 aliphatic heterocycles. The van der Waals surface area contributed by atoms with E-state index in [2.05, 4.69) is 39.8 Å². The van der Waals surface area contributed by atoms with Crippen molar-refractivity contribution >= 4 is 17.6 Å². The predicted molar refractivity (Wildman–Crippen MR) is 135 cm³/mol. The number of aromatic nitrogens is 3. The number of piperazine rings is 1. The number of nitrogens with one attached hydrogen (secondary N) is 1. The van der Waals surface area contributed by atoms with Crippen molar-refractivity contribution in [2.75, 3.05) is 38.0 Å². The van der Waals surface area contributed by atoms with Gasteiger partial charge in [0.2, 0.25) is 5.91 Å². The summed E-state index contributed by atoms with van der Waals surface area (Å²) < 4.78 is 6.86. The highest BCUT2D eigenvalue weighted by molar-refractivity contribution is 6.01. The highest BCUT2D eigenvalue weighted by Crippen LogP contribution is 2.26. The predicted octanol–water partition coefficient (Wildman–Crippen LogP) is 3.29. The van der Waals surface area contributed by atoms with Gasteiger partial charge in [-0.05, 0) is 35.7 Å². The minimum atomic E-state index is -0.149. The summed E-state index contributed by atoms with van der Waals surface area (Å²) in [7, 11) is 0. The molecule has 2 aromatic heterocycles. The maximum atomic E-state index is 13.4. The lowest BCUT2D eigenvalue weighted by Gasteiger charge is -2.34. The zero-order valence-electron chi connectivity index (χ0n) is 20.1. The highest BCUT2D eigenvalue weighted by atomic mass is 16.5. The lowest BCUT2D eigenvalue weighted by atomic mass is 9.97. The van der Waals surface area contributed by atoms with Crippen LogP contribution in [0.5, 0.6) is 0 Å². The molecule has 0 saturated carbocycles. The van der Waals surface area contributed by atoms with Crippen molar-refractivity contribution in [2.24, 2.45) is 0 Å². The largest absolute Gasteiger partial charge is 0.360 e. The molecule has 2 amide bonds. The van der Waals surface area contributed by atoms with Gasteiger partial charge in [0, 0.05) is 50.2 Å². The number of hydrogen-bond acceptors (Lipinski definition) is 6. The van der Waals surface area contributed by atoms with Crippen LogP contribution in [0.2, 0.25) is 0 Å². The number of hydrogen-bond donors (Lipinski definition) is 1. The van der Waals surface area contributed by atoms with E-state index in [4.69, 9.17) is 4.52 Å².